The Morgan fingerprint density at radius 3 is 1.93 bits per heavy atom. The second-order valence-electron chi connectivity index (χ2n) is 3.41. The van der Waals surface area contributed by atoms with Crippen LogP contribution in [0.5, 0.6) is 0 Å². The second kappa shape index (κ2) is 6.16. The van der Waals surface area contributed by atoms with Gasteiger partial charge in [0.05, 0.1) is 20.6 Å². The van der Waals surface area contributed by atoms with Crippen LogP contribution in [0.3, 0.4) is 0 Å². The molecule has 0 rings (SSSR count). The highest BCUT2D eigenvalue weighted by atomic mass is 16.5. The molecule has 5 nitrogen and oxygen atoms in total. The van der Waals surface area contributed by atoms with Crippen LogP contribution in [-0.2, 0) is 23.9 Å². The van der Waals surface area contributed by atoms with E-state index in [1.807, 2.05) is 0 Å². The van der Waals surface area contributed by atoms with Gasteiger partial charge in [0.25, 0.3) is 0 Å². The zero-order valence-corrected chi connectivity index (χ0v) is 9.40. The lowest BCUT2D eigenvalue weighted by Gasteiger charge is -2.14. The standard InChI is InChI=1S/C10H16O5/c1-6(2)9(12)7(10(13)15-4)5-8(11)14-3/h6-7H,5H2,1-4H3. The minimum atomic E-state index is -1.05. The zero-order valence-electron chi connectivity index (χ0n) is 9.40. The van der Waals surface area contributed by atoms with Crippen LogP contribution in [0, 0.1) is 11.8 Å². The Morgan fingerprint density at radius 2 is 1.60 bits per heavy atom. The molecule has 0 N–H and O–H groups in total. The Morgan fingerprint density at radius 1 is 1.07 bits per heavy atom. The average Bonchev–Trinajstić information content (AvgIpc) is 2.23. The summed E-state index contributed by atoms with van der Waals surface area (Å²) in [7, 11) is 2.39. The van der Waals surface area contributed by atoms with Crippen molar-refractivity contribution in [3.8, 4) is 0 Å². The van der Waals surface area contributed by atoms with Gasteiger partial charge in [-0.3, -0.25) is 14.4 Å². The van der Waals surface area contributed by atoms with Crippen molar-refractivity contribution in [1.82, 2.24) is 0 Å². The third kappa shape index (κ3) is 4.10. The first-order valence-corrected chi connectivity index (χ1v) is 4.62. The molecule has 0 radical (unpaired) electrons. The number of Topliss-reactive ketones (excluding diaryl/α,β-unsaturated/α-hetero) is 1. The summed E-state index contributed by atoms with van der Waals surface area (Å²) in [4.78, 5) is 33.8. The van der Waals surface area contributed by atoms with E-state index in [1.165, 1.54) is 14.2 Å². The van der Waals surface area contributed by atoms with Crippen LogP contribution >= 0.6 is 0 Å². The number of hydrogen-bond donors (Lipinski definition) is 0. The topological polar surface area (TPSA) is 69.7 Å². The van der Waals surface area contributed by atoms with Crippen molar-refractivity contribution in [2.75, 3.05) is 14.2 Å². The molecule has 0 aliphatic carbocycles. The van der Waals surface area contributed by atoms with E-state index in [1.54, 1.807) is 13.8 Å². The fourth-order valence-electron chi connectivity index (χ4n) is 1.09. The molecule has 0 aromatic heterocycles. The number of rotatable bonds is 5. The molecule has 86 valence electrons. The Hall–Kier alpha value is -1.39. The summed E-state index contributed by atoms with van der Waals surface area (Å²) in [6.07, 6.45) is -0.264. The second-order valence-corrected chi connectivity index (χ2v) is 3.41. The van der Waals surface area contributed by atoms with Crippen LogP contribution in [-0.4, -0.2) is 31.9 Å². The molecule has 0 saturated carbocycles. The molecule has 0 aliphatic heterocycles. The van der Waals surface area contributed by atoms with Gasteiger partial charge in [-0.15, -0.1) is 0 Å². The molecule has 1 atom stereocenters. The Labute approximate surface area is 88.7 Å². The lowest BCUT2D eigenvalue weighted by atomic mass is 9.92. The number of carbonyl (C=O) groups is 3. The first-order valence-electron chi connectivity index (χ1n) is 4.62. The normalized spacial score (nSPS) is 12.1. The largest absolute Gasteiger partial charge is 0.469 e. The molecule has 5 heteroatoms. The van der Waals surface area contributed by atoms with Crippen LogP contribution in [0.4, 0.5) is 0 Å². The summed E-state index contributed by atoms with van der Waals surface area (Å²) < 4.78 is 8.87. The zero-order chi connectivity index (χ0) is 12.0. The van der Waals surface area contributed by atoms with E-state index in [2.05, 4.69) is 9.47 Å². The monoisotopic (exact) mass is 216 g/mol. The van der Waals surface area contributed by atoms with Crippen molar-refractivity contribution >= 4 is 17.7 Å². The van der Waals surface area contributed by atoms with E-state index in [9.17, 15) is 14.4 Å². The summed E-state index contributed by atoms with van der Waals surface area (Å²) in [6.45, 7) is 3.32. The van der Waals surface area contributed by atoms with Gasteiger partial charge in [0.2, 0.25) is 0 Å². The average molecular weight is 216 g/mol. The molecule has 0 spiro atoms. The van der Waals surface area contributed by atoms with Crippen LogP contribution in [0.25, 0.3) is 0 Å². The summed E-state index contributed by atoms with van der Waals surface area (Å²) in [5.41, 5.74) is 0. The first kappa shape index (κ1) is 13.6. The van der Waals surface area contributed by atoms with Crippen molar-refractivity contribution in [2.45, 2.75) is 20.3 Å². The van der Waals surface area contributed by atoms with Crippen molar-refractivity contribution in [1.29, 1.82) is 0 Å². The van der Waals surface area contributed by atoms with Crippen LogP contribution in [0.2, 0.25) is 0 Å². The van der Waals surface area contributed by atoms with Gasteiger partial charge < -0.3 is 9.47 Å². The van der Waals surface area contributed by atoms with Gasteiger partial charge in [0, 0.05) is 5.92 Å². The van der Waals surface area contributed by atoms with Crippen LogP contribution < -0.4 is 0 Å². The third-order valence-electron chi connectivity index (χ3n) is 2.00. The highest BCUT2D eigenvalue weighted by Gasteiger charge is 2.31. The minimum absolute atomic E-state index is 0.264. The van der Waals surface area contributed by atoms with Crippen molar-refractivity contribution < 1.29 is 23.9 Å². The highest BCUT2D eigenvalue weighted by molar-refractivity contribution is 6.02. The summed E-state index contributed by atoms with van der Waals surface area (Å²) in [6, 6.07) is 0. The maximum atomic E-state index is 11.6. The quantitative estimate of drug-likeness (QED) is 0.496. The molecule has 0 aromatic carbocycles. The molecule has 0 heterocycles. The van der Waals surface area contributed by atoms with Gasteiger partial charge in [0.15, 0.2) is 0 Å². The molecule has 0 aliphatic rings. The molecule has 0 fully saturated rings. The molecule has 0 aromatic rings. The van der Waals surface area contributed by atoms with Gasteiger partial charge in [0.1, 0.15) is 11.7 Å². The lowest BCUT2D eigenvalue weighted by Crippen LogP contribution is -2.31. The fraction of sp³-hybridized carbons (Fsp3) is 0.700. The molecule has 0 amide bonds. The summed E-state index contributed by atoms with van der Waals surface area (Å²) in [5.74, 6) is -2.98. The lowest BCUT2D eigenvalue weighted by molar-refractivity contribution is -0.156. The van der Waals surface area contributed by atoms with Crippen LogP contribution in [0.15, 0.2) is 0 Å². The molecular weight excluding hydrogens is 200 g/mol. The van der Waals surface area contributed by atoms with E-state index >= 15 is 0 Å². The number of hydrogen-bond acceptors (Lipinski definition) is 5. The third-order valence-corrected chi connectivity index (χ3v) is 2.00. The minimum Gasteiger partial charge on any atom is -0.469 e. The van der Waals surface area contributed by atoms with Gasteiger partial charge in [-0.2, -0.15) is 0 Å². The molecule has 0 saturated heterocycles. The number of ether oxygens (including phenoxy) is 2. The summed E-state index contributed by atoms with van der Waals surface area (Å²) in [5, 5.41) is 0. The smallest absolute Gasteiger partial charge is 0.316 e. The fourth-order valence-corrected chi connectivity index (χ4v) is 1.09. The maximum absolute atomic E-state index is 11.6. The van der Waals surface area contributed by atoms with Gasteiger partial charge in [-0.05, 0) is 0 Å². The van der Waals surface area contributed by atoms with Crippen molar-refractivity contribution in [2.24, 2.45) is 11.8 Å². The SMILES string of the molecule is COC(=O)CC(C(=O)OC)C(=O)C(C)C. The number of carbonyl (C=O) groups excluding carboxylic acids is 3. The highest BCUT2D eigenvalue weighted by Crippen LogP contribution is 2.13. The predicted molar refractivity (Wildman–Crippen MR) is 52.0 cm³/mol. The molecule has 15 heavy (non-hydrogen) atoms. The van der Waals surface area contributed by atoms with Gasteiger partial charge in [-0.1, -0.05) is 13.8 Å². The Kier molecular flexibility index (Phi) is 5.59. The Balaban J connectivity index is 4.66. The first-order chi connectivity index (χ1) is 6.93. The van der Waals surface area contributed by atoms with E-state index < -0.39 is 17.9 Å². The van der Waals surface area contributed by atoms with Gasteiger partial charge in [-0.25, -0.2) is 0 Å². The van der Waals surface area contributed by atoms with E-state index in [4.69, 9.17) is 0 Å². The van der Waals surface area contributed by atoms with Crippen LogP contribution in [0.1, 0.15) is 20.3 Å². The molecule has 0 bridgehead atoms. The van der Waals surface area contributed by atoms with Crippen molar-refractivity contribution in [3.05, 3.63) is 0 Å². The van der Waals surface area contributed by atoms with Crippen molar-refractivity contribution in [3.63, 3.8) is 0 Å². The maximum Gasteiger partial charge on any atom is 0.316 e. The Bertz CT molecular complexity index is 257. The molecular formula is C10H16O5. The number of esters is 2. The van der Waals surface area contributed by atoms with E-state index in [-0.39, 0.29) is 18.1 Å². The molecule has 1 unspecified atom stereocenters. The van der Waals surface area contributed by atoms with Gasteiger partial charge >= 0.3 is 11.9 Å². The number of ketones is 1. The summed E-state index contributed by atoms with van der Waals surface area (Å²) >= 11 is 0. The van der Waals surface area contributed by atoms with E-state index in [0.717, 1.165) is 0 Å². The van der Waals surface area contributed by atoms with E-state index in [0.29, 0.717) is 0 Å². The number of methoxy groups -OCH3 is 2. The predicted octanol–water partition coefficient (Wildman–Crippen LogP) is 0.564.